The molecule has 6 heteroatoms. The number of amides is 2. The zero-order valence-corrected chi connectivity index (χ0v) is 15.6. The smallest absolute Gasteiger partial charge is 0.258 e. The van der Waals surface area contributed by atoms with Gasteiger partial charge < -0.3 is 14.5 Å². The first-order chi connectivity index (χ1) is 12.0. The Labute approximate surface area is 153 Å². The van der Waals surface area contributed by atoms with Crippen LogP contribution in [-0.4, -0.2) is 54.4 Å². The van der Waals surface area contributed by atoms with E-state index in [1.807, 2.05) is 4.90 Å². The van der Waals surface area contributed by atoms with Crippen LogP contribution in [0.2, 0.25) is 5.02 Å². The molecule has 2 unspecified atom stereocenters. The van der Waals surface area contributed by atoms with Crippen LogP contribution in [0.5, 0.6) is 5.75 Å². The lowest BCUT2D eigenvalue weighted by molar-refractivity contribution is -0.137. The Kier molecular flexibility index (Phi) is 5.52. The van der Waals surface area contributed by atoms with Crippen molar-refractivity contribution in [2.45, 2.75) is 38.6 Å². The van der Waals surface area contributed by atoms with Gasteiger partial charge in [0.2, 0.25) is 5.91 Å². The van der Waals surface area contributed by atoms with Gasteiger partial charge in [0, 0.05) is 24.7 Å². The molecule has 2 atom stereocenters. The number of ether oxygens (including phenoxy) is 1. The molecule has 0 aliphatic carbocycles. The quantitative estimate of drug-likeness (QED) is 0.827. The Morgan fingerprint density at radius 1 is 1.20 bits per heavy atom. The van der Waals surface area contributed by atoms with E-state index in [0.29, 0.717) is 28.8 Å². The molecule has 2 aliphatic rings. The average molecular weight is 365 g/mol. The molecule has 2 fully saturated rings. The van der Waals surface area contributed by atoms with Crippen LogP contribution in [-0.2, 0) is 4.79 Å². The number of hydrogen-bond acceptors (Lipinski definition) is 3. The summed E-state index contributed by atoms with van der Waals surface area (Å²) < 4.78 is 5.31. The fourth-order valence-electron chi connectivity index (χ4n) is 3.87. The highest BCUT2D eigenvalue weighted by Gasteiger charge is 2.38. The molecule has 0 bridgehead atoms. The van der Waals surface area contributed by atoms with Crippen molar-refractivity contribution in [3.63, 3.8) is 0 Å². The molecule has 25 heavy (non-hydrogen) atoms. The lowest BCUT2D eigenvalue weighted by Gasteiger charge is -2.35. The van der Waals surface area contributed by atoms with Crippen LogP contribution >= 0.6 is 11.6 Å². The molecule has 2 aliphatic heterocycles. The summed E-state index contributed by atoms with van der Waals surface area (Å²) in [6.07, 6.45) is 3.76. The van der Waals surface area contributed by atoms with E-state index in [9.17, 15) is 9.59 Å². The zero-order valence-electron chi connectivity index (χ0n) is 14.8. The third-order valence-electron chi connectivity index (χ3n) is 5.16. The van der Waals surface area contributed by atoms with Gasteiger partial charge >= 0.3 is 0 Å². The van der Waals surface area contributed by atoms with E-state index < -0.39 is 0 Å². The standard InChI is InChI=1S/C19H25ClN2O3/c1-13-5-3-9-21(12-13)19(24)16-6-4-10-22(16)18(23)15-11-14(20)7-8-17(15)25-2/h7-8,11,13,16H,3-6,9-10,12H2,1-2H3. The molecule has 5 nitrogen and oxygen atoms in total. The normalized spacial score (nSPS) is 23.6. The highest BCUT2D eigenvalue weighted by atomic mass is 35.5. The third-order valence-corrected chi connectivity index (χ3v) is 5.39. The molecule has 0 saturated carbocycles. The summed E-state index contributed by atoms with van der Waals surface area (Å²) in [6, 6.07) is 4.63. The molecule has 2 heterocycles. The number of benzene rings is 1. The Balaban J connectivity index is 1.80. The van der Waals surface area contributed by atoms with Gasteiger partial charge in [-0.3, -0.25) is 9.59 Å². The van der Waals surface area contributed by atoms with Gasteiger partial charge in [-0.1, -0.05) is 18.5 Å². The lowest BCUT2D eigenvalue weighted by Crippen LogP contribution is -2.50. The van der Waals surface area contributed by atoms with Crippen molar-refractivity contribution in [1.82, 2.24) is 9.80 Å². The molecule has 136 valence electrons. The minimum Gasteiger partial charge on any atom is -0.496 e. The molecule has 0 aromatic heterocycles. The molecule has 0 spiro atoms. The van der Waals surface area contributed by atoms with Gasteiger partial charge in [0.05, 0.1) is 12.7 Å². The van der Waals surface area contributed by atoms with E-state index in [1.54, 1.807) is 23.1 Å². The second-order valence-electron chi connectivity index (χ2n) is 7.03. The third kappa shape index (κ3) is 3.76. The van der Waals surface area contributed by atoms with Crippen LogP contribution in [0.4, 0.5) is 0 Å². The van der Waals surface area contributed by atoms with Gasteiger partial charge in [-0.05, 0) is 49.8 Å². The Morgan fingerprint density at radius 2 is 1.96 bits per heavy atom. The number of likely N-dealkylation sites (tertiary alicyclic amines) is 2. The van der Waals surface area contributed by atoms with Crippen molar-refractivity contribution in [1.29, 1.82) is 0 Å². The fraction of sp³-hybridized carbons (Fsp3) is 0.579. The summed E-state index contributed by atoms with van der Waals surface area (Å²) in [5, 5.41) is 0.482. The van der Waals surface area contributed by atoms with Crippen LogP contribution in [0.1, 0.15) is 43.0 Å². The number of carbonyl (C=O) groups is 2. The predicted octanol–water partition coefficient (Wildman–Crippen LogP) is 3.21. The number of rotatable bonds is 3. The first-order valence-corrected chi connectivity index (χ1v) is 9.32. The fourth-order valence-corrected chi connectivity index (χ4v) is 4.04. The molecular formula is C19H25ClN2O3. The monoisotopic (exact) mass is 364 g/mol. The molecule has 1 aromatic carbocycles. The predicted molar refractivity (Wildman–Crippen MR) is 97.0 cm³/mol. The van der Waals surface area contributed by atoms with Crippen molar-refractivity contribution in [3.8, 4) is 5.75 Å². The van der Waals surface area contributed by atoms with E-state index >= 15 is 0 Å². The molecule has 0 radical (unpaired) electrons. The van der Waals surface area contributed by atoms with E-state index in [0.717, 1.165) is 38.8 Å². The Hall–Kier alpha value is -1.75. The number of carbonyl (C=O) groups excluding carboxylic acids is 2. The van der Waals surface area contributed by atoms with E-state index in [2.05, 4.69) is 6.92 Å². The van der Waals surface area contributed by atoms with Crippen LogP contribution in [0.15, 0.2) is 18.2 Å². The van der Waals surface area contributed by atoms with Crippen molar-refractivity contribution in [2.75, 3.05) is 26.7 Å². The number of methoxy groups -OCH3 is 1. The summed E-state index contributed by atoms with van der Waals surface area (Å²) >= 11 is 6.06. The minimum atomic E-state index is -0.374. The van der Waals surface area contributed by atoms with Crippen molar-refractivity contribution in [3.05, 3.63) is 28.8 Å². The molecule has 2 amide bonds. The summed E-state index contributed by atoms with van der Waals surface area (Å²) in [5.41, 5.74) is 0.418. The van der Waals surface area contributed by atoms with Crippen molar-refractivity contribution in [2.24, 2.45) is 5.92 Å². The second-order valence-corrected chi connectivity index (χ2v) is 7.47. The summed E-state index contributed by atoms with van der Waals surface area (Å²) in [7, 11) is 1.53. The number of nitrogens with zero attached hydrogens (tertiary/aromatic N) is 2. The largest absolute Gasteiger partial charge is 0.496 e. The first kappa shape index (κ1) is 18.1. The zero-order chi connectivity index (χ0) is 18.0. The van der Waals surface area contributed by atoms with Gasteiger partial charge in [0.25, 0.3) is 5.91 Å². The average Bonchev–Trinajstić information content (AvgIpc) is 3.10. The van der Waals surface area contributed by atoms with E-state index in [4.69, 9.17) is 16.3 Å². The maximum absolute atomic E-state index is 13.1. The highest BCUT2D eigenvalue weighted by molar-refractivity contribution is 6.31. The lowest BCUT2D eigenvalue weighted by atomic mass is 9.99. The molecule has 3 rings (SSSR count). The van der Waals surface area contributed by atoms with Crippen LogP contribution in [0.25, 0.3) is 0 Å². The molecule has 0 N–H and O–H groups in total. The van der Waals surface area contributed by atoms with Gasteiger partial charge in [0.15, 0.2) is 0 Å². The summed E-state index contributed by atoms with van der Waals surface area (Å²) in [5.74, 6) is 0.911. The van der Waals surface area contributed by atoms with Crippen LogP contribution < -0.4 is 4.74 Å². The van der Waals surface area contributed by atoms with Gasteiger partial charge in [-0.2, -0.15) is 0 Å². The van der Waals surface area contributed by atoms with Gasteiger partial charge in [-0.25, -0.2) is 0 Å². The first-order valence-electron chi connectivity index (χ1n) is 8.94. The summed E-state index contributed by atoms with van der Waals surface area (Å²) in [6.45, 7) is 4.35. The topological polar surface area (TPSA) is 49.9 Å². The van der Waals surface area contributed by atoms with Crippen molar-refractivity contribution >= 4 is 23.4 Å². The SMILES string of the molecule is COc1ccc(Cl)cc1C(=O)N1CCCC1C(=O)N1CCCC(C)C1. The number of piperidine rings is 1. The second kappa shape index (κ2) is 7.65. The molecular weight excluding hydrogens is 340 g/mol. The summed E-state index contributed by atoms with van der Waals surface area (Å²) in [4.78, 5) is 29.7. The maximum atomic E-state index is 13.1. The van der Waals surface area contributed by atoms with Crippen molar-refractivity contribution < 1.29 is 14.3 Å². The Bertz CT molecular complexity index is 664. The molecule has 1 aromatic rings. The number of halogens is 1. The minimum absolute atomic E-state index is 0.0818. The molecule has 2 saturated heterocycles. The number of hydrogen-bond donors (Lipinski definition) is 0. The van der Waals surface area contributed by atoms with Gasteiger partial charge in [-0.15, -0.1) is 0 Å². The Morgan fingerprint density at radius 3 is 2.68 bits per heavy atom. The highest BCUT2D eigenvalue weighted by Crippen LogP contribution is 2.29. The van der Waals surface area contributed by atoms with E-state index in [-0.39, 0.29) is 17.9 Å². The van der Waals surface area contributed by atoms with Crippen LogP contribution in [0, 0.1) is 5.92 Å². The maximum Gasteiger partial charge on any atom is 0.258 e. The van der Waals surface area contributed by atoms with Crippen LogP contribution in [0.3, 0.4) is 0 Å². The van der Waals surface area contributed by atoms with E-state index in [1.165, 1.54) is 7.11 Å². The van der Waals surface area contributed by atoms with Gasteiger partial charge in [0.1, 0.15) is 11.8 Å².